The molecule has 0 radical (unpaired) electrons. The predicted molar refractivity (Wildman–Crippen MR) is 182 cm³/mol. The number of amides is 2. The van der Waals surface area contributed by atoms with Crippen molar-refractivity contribution in [1.29, 1.82) is 0 Å². The number of nitrogen functional groups attached to an aromatic ring is 2. The molecule has 3 heterocycles. The number of nitrogens with zero attached hydrogens (tertiary/aromatic N) is 6. The van der Waals surface area contributed by atoms with Gasteiger partial charge in [-0.2, -0.15) is 0 Å². The fraction of sp³-hybridized carbons (Fsp3) is 0.533. The number of aliphatic hydroxyl groups is 6. The normalized spacial score (nSPS) is 21.9. The van der Waals surface area contributed by atoms with Crippen LogP contribution in [-0.2, 0) is 27.4 Å². The van der Waals surface area contributed by atoms with Gasteiger partial charge >= 0.3 is 0 Å². The summed E-state index contributed by atoms with van der Waals surface area (Å²) in [5, 5.41) is 61.5. The van der Waals surface area contributed by atoms with Gasteiger partial charge in [-0.25, -0.2) is 19.9 Å². The summed E-state index contributed by atoms with van der Waals surface area (Å²) in [7, 11) is 2.32. The Labute approximate surface area is 291 Å². The van der Waals surface area contributed by atoms with Crippen molar-refractivity contribution >= 4 is 46.0 Å². The quantitative estimate of drug-likeness (QED) is 0.0710. The molecular weight excluding hydrogens is 681 g/mol. The molecule has 0 spiro atoms. The highest BCUT2D eigenvalue weighted by molar-refractivity contribution is 8.79. The van der Waals surface area contributed by atoms with Gasteiger partial charge in [0.1, 0.15) is 47.7 Å². The first-order chi connectivity index (χ1) is 23.4. The fourth-order valence-corrected chi connectivity index (χ4v) is 7.82. The van der Waals surface area contributed by atoms with Crippen molar-refractivity contribution in [2.45, 2.75) is 83.6 Å². The molecule has 1 aliphatic heterocycles. The fourth-order valence-electron chi connectivity index (χ4n) is 4.98. The molecule has 0 saturated carbocycles. The van der Waals surface area contributed by atoms with E-state index >= 15 is 0 Å². The van der Waals surface area contributed by atoms with Crippen LogP contribution >= 0.6 is 21.6 Å². The number of ether oxygens (including phenoxy) is 1. The van der Waals surface area contributed by atoms with Crippen LogP contribution in [0.5, 0.6) is 0 Å². The van der Waals surface area contributed by atoms with Gasteiger partial charge in [0.25, 0.3) is 0 Å². The number of aryl methyl sites for hydroxylation is 2. The van der Waals surface area contributed by atoms with Gasteiger partial charge in [0.15, 0.2) is 0 Å². The van der Waals surface area contributed by atoms with Crippen LogP contribution in [0.2, 0.25) is 0 Å². The van der Waals surface area contributed by atoms with E-state index < -0.39 is 37.1 Å². The Bertz CT molecular complexity index is 1500. The minimum atomic E-state index is -1.66. The average molecular weight is 725 g/mol. The lowest BCUT2D eigenvalue weighted by atomic mass is 9.92. The Balaban J connectivity index is 2.06. The van der Waals surface area contributed by atoms with Gasteiger partial charge in [0, 0.05) is 77.2 Å². The number of hydrogen-bond donors (Lipinski definition) is 8. The minimum Gasteiger partial charge on any atom is -0.396 e. The van der Waals surface area contributed by atoms with Crippen molar-refractivity contribution in [2.24, 2.45) is 0 Å². The largest absolute Gasteiger partial charge is 0.396 e. The second kappa shape index (κ2) is 19.1. The molecule has 3 rings (SSSR count). The number of aliphatic hydroxyl groups excluding tert-OH is 6. The van der Waals surface area contributed by atoms with E-state index in [1.54, 1.807) is 20.8 Å². The summed E-state index contributed by atoms with van der Waals surface area (Å²) in [6, 6.07) is 0. The second-order valence-electron chi connectivity index (χ2n) is 11.2. The van der Waals surface area contributed by atoms with E-state index in [1.165, 1.54) is 33.0 Å². The zero-order chi connectivity index (χ0) is 36.2. The topological polar surface area (TPSA) is 275 Å². The predicted octanol–water partition coefficient (Wildman–Crippen LogP) is -0.513. The van der Waals surface area contributed by atoms with E-state index in [0.29, 0.717) is 51.1 Å². The number of rotatable bonds is 18. The molecule has 0 bridgehead atoms. The Kier molecular flexibility index (Phi) is 15.6. The Morgan fingerprint density at radius 3 is 1.80 bits per heavy atom. The van der Waals surface area contributed by atoms with Crippen molar-refractivity contribution in [3.05, 3.63) is 56.4 Å². The van der Waals surface area contributed by atoms with Crippen molar-refractivity contribution in [2.75, 3.05) is 31.3 Å². The number of anilines is 2. The highest BCUT2D eigenvalue weighted by atomic mass is 33.1. The standard InChI is InChI=1S/C30H44N8O9S2/c1-16(37(14-42)11-19-9-33-17(2)35-29(19)31)24(4-6-39)48-49-25(5-7-40)21(8-22-26(44)28(46)27(45)23(13-41)47-22)38(15-43)12-20-10-34-18(3)36-30(20)32/h9-10,14-15,22-23,26-28,39-41,44-46H,4-8,11-13H2,1-3H3,(H2,31,33,35)(H2,32,34,36)/t22?,23-,26+,27-,28-/m1/s1. The molecule has 17 nitrogen and oxygen atoms in total. The number of carbonyl (C=O) groups excluding carboxylic acids is 2. The zero-order valence-electron chi connectivity index (χ0n) is 27.4. The van der Waals surface area contributed by atoms with Crippen LogP contribution < -0.4 is 11.5 Å². The van der Waals surface area contributed by atoms with Crippen molar-refractivity contribution in [3.8, 4) is 0 Å². The molecular formula is C30H44N8O9S2. The molecule has 10 N–H and O–H groups in total. The third kappa shape index (κ3) is 10.5. The van der Waals surface area contributed by atoms with Crippen LogP contribution in [0, 0.1) is 13.8 Å². The lowest BCUT2D eigenvalue weighted by molar-refractivity contribution is -0.229. The Morgan fingerprint density at radius 2 is 1.31 bits per heavy atom. The summed E-state index contributed by atoms with van der Waals surface area (Å²) < 4.78 is 5.77. The SMILES string of the molecule is CC(=C(CCO)SSC(CCO)=C(CC1O[C@H](CO)[C@@H](O)[C@H](O)[C@H]1O)N(C=O)Cc1cnc(C)nc1N)N(C=O)Cc1cnc(C)nc1N. The number of allylic oxidation sites excluding steroid dienone is 1. The molecule has 0 aromatic carbocycles. The van der Waals surface area contributed by atoms with E-state index in [4.69, 9.17) is 16.2 Å². The van der Waals surface area contributed by atoms with E-state index in [9.17, 15) is 40.2 Å². The van der Waals surface area contributed by atoms with Crippen LogP contribution in [0.1, 0.15) is 49.0 Å². The van der Waals surface area contributed by atoms with Gasteiger partial charge in [-0.3, -0.25) is 9.59 Å². The molecule has 5 atom stereocenters. The van der Waals surface area contributed by atoms with Gasteiger partial charge in [-0.15, -0.1) is 0 Å². The first-order valence-electron chi connectivity index (χ1n) is 15.3. The molecule has 49 heavy (non-hydrogen) atoms. The minimum absolute atomic E-state index is 0.0225. The molecule has 0 aliphatic carbocycles. The summed E-state index contributed by atoms with van der Waals surface area (Å²) in [4.78, 5) is 45.2. The van der Waals surface area contributed by atoms with Crippen LogP contribution in [-0.4, -0.2) is 124 Å². The van der Waals surface area contributed by atoms with Crippen molar-refractivity contribution in [1.82, 2.24) is 29.7 Å². The molecule has 1 unspecified atom stereocenters. The maximum atomic E-state index is 12.7. The van der Waals surface area contributed by atoms with Gasteiger partial charge in [0.2, 0.25) is 12.8 Å². The smallest absolute Gasteiger partial charge is 0.214 e. The molecule has 2 aromatic rings. The maximum absolute atomic E-state index is 12.7. The van der Waals surface area contributed by atoms with Crippen LogP contribution in [0.25, 0.3) is 0 Å². The molecule has 2 aromatic heterocycles. The zero-order valence-corrected chi connectivity index (χ0v) is 29.0. The summed E-state index contributed by atoms with van der Waals surface area (Å²) in [5.74, 6) is 1.25. The maximum Gasteiger partial charge on any atom is 0.214 e. The molecule has 19 heteroatoms. The monoisotopic (exact) mass is 724 g/mol. The molecule has 1 aliphatic rings. The Hall–Kier alpha value is -3.40. The van der Waals surface area contributed by atoms with Crippen LogP contribution in [0.15, 0.2) is 33.6 Å². The first-order valence-corrected chi connectivity index (χ1v) is 17.4. The van der Waals surface area contributed by atoms with Crippen molar-refractivity contribution < 1.29 is 45.0 Å². The summed E-state index contributed by atoms with van der Waals surface area (Å²) in [6.45, 7) is 3.73. The lowest BCUT2D eigenvalue weighted by Crippen LogP contribution is -2.58. The summed E-state index contributed by atoms with van der Waals surface area (Å²) >= 11 is 0. The molecule has 1 fully saturated rings. The van der Waals surface area contributed by atoms with E-state index in [0.717, 1.165) is 10.8 Å². The van der Waals surface area contributed by atoms with E-state index in [1.807, 2.05) is 0 Å². The first kappa shape index (κ1) is 40.0. The molecule has 270 valence electrons. The summed E-state index contributed by atoms with van der Waals surface area (Å²) in [5.41, 5.74) is 13.9. The number of hydrogen-bond acceptors (Lipinski definition) is 17. The van der Waals surface area contributed by atoms with Gasteiger partial charge < -0.3 is 56.6 Å². The third-order valence-corrected chi connectivity index (χ3v) is 10.7. The van der Waals surface area contributed by atoms with Gasteiger partial charge in [0.05, 0.1) is 25.8 Å². The van der Waals surface area contributed by atoms with Gasteiger partial charge in [-0.1, -0.05) is 21.6 Å². The average Bonchev–Trinajstić information content (AvgIpc) is 3.07. The highest BCUT2D eigenvalue weighted by Gasteiger charge is 2.44. The van der Waals surface area contributed by atoms with Crippen LogP contribution in [0.3, 0.4) is 0 Å². The number of aromatic nitrogens is 4. The van der Waals surface area contributed by atoms with E-state index in [2.05, 4.69) is 19.9 Å². The third-order valence-electron chi connectivity index (χ3n) is 7.78. The van der Waals surface area contributed by atoms with Crippen molar-refractivity contribution in [3.63, 3.8) is 0 Å². The lowest BCUT2D eigenvalue weighted by Gasteiger charge is -2.41. The van der Waals surface area contributed by atoms with E-state index in [-0.39, 0.29) is 62.9 Å². The van der Waals surface area contributed by atoms with Crippen LogP contribution in [0.4, 0.5) is 11.6 Å². The summed E-state index contributed by atoms with van der Waals surface area (Å²) in [6.07, 6.45) is -3.12. The second-order valence-corrected chi connectivity index (χ2v) is 13.5. The Morgan fingerprint density at radius 1 is 0.816 bits per heavy atom. The molecule has 2 amide bonds. The number of nitrogens with two attached hydrogens (primary N) is 2. The number of carbonyl (C=O) groups is 2. The van der Waals surface area contributed by atoms with Gasteiger partial charge in [-0.05, 0) is 20.8 Å². The highest BCUT2D eigenvalue weighted by Crippen LogP contribution is 2.44. The molecule has 1 saturated heterocycles.